The molecule has 0 aliphatic carbocycles. The van der Waals surface area contributed by atoms with Crippen molar-refractivity contribution in [2.75, 3.05) is 18.1 Å². The number of carbonyl (C=O) groups is 1. The van der Waals surface area contributed by atoms with Crippen LogP contribution in [-0.4, -0.2) is 43.6 Å². The topological polar surface area (TPSA) is 83.5 Å². The highest BCUT2D eigenvalue weighted by atomic mass is 32.2. The van der Waals surface area contributed by atoms with Crippen molar-refractivity contribution in [3.63, 3.8) is 0 Å². The minimum absolute atomic E-state index is 0.0210. The summed E-state index contributed by atoms with van der Waals surface area (Å²) >= 11 is 0. The largest absolute Gasteiger partial charge is 0.481 e. The normalized spacial score (nSPS) is 26.9. The lowest BCUT2D eigenvalue weighted by Gasteiger charge is -2.22. The molecule has 0 amide bonds. The molecule has 1 aliphatic rings. The summed E-state index contributed by atoms with van der Waals surface area (Å²) in [5, 5.41) is 11.4. The summed E-state index contributed by atoms with van der Waals surface area (Å²) in [4.78, 5) is 10.2. The van der Waals surface area contributed by atoms with Crippen LogP contribution < -0.4 is 5.32 Å². The quantitative estimate of drug-likeness (QED) is 0.635. The standard InChI is InChI=1S/C7H13NO4S/c9-7(10)2-1-6-5-13(11,12)4-3-8-6/h6,8H,1-5H2,(H,9,10). The van der Waals surface area contributed by atoms with Crippen LogP contribution in [0.5, 0.6) is 0 Å². The van der Waals surface area contributed by atoms with Crippen LogP contribution in [0.1, 0.15) is 12.8 Å². The Morgan fingerprint density at radius 2 is 2.23 bits per heavy atom. The molecular weight excluding hydrogens is 194 g/mol. The summed E-state index contributed by atoms with van der Waals surface area (Å²) in [7, 11) is -2.94. The molecule has 1 saturated heterocycles. The van der Waals surface area contributed by atoms with Crippen LogP contribution >= 0.6 is 0 Å². The van der Waals surface area contributed by atoms with Crippen molar-refractivity contribution < 1.29 is 18.3 Å². The number of aliphatic carboxylic acids is 1. The third-order valence-corrected chi connectivity index (χ3v) is 3.74. The van der Waals surface area contributed by atoms with E-state index in [0.717, 1.165) is 0 Å². The molecular formula is C7H13NO4S. The van der Waals surface area contributed by atoms with E-state index in [4.69, 9.17) is 5.11 Å². The van der Waals surface area contributed by atoms with Gasteiger partial charge < -0.3 is 10.4 Å². The Bertz CT molecular complexity index is 285. The number of nitrogens with one attached hydrogen (secondary N) is 1. The lowest BCUT2D eigenvalue weighted by Crippen LogP contribution is -2.45. The maximum absolute atomic E-state index is 11.1. The van der Waals surface area contributed by atoms with Gasteiger partial charge in [-0.1, -0.05) is 0 Å². The van der Waals surface area contributed by atoms with Crippen LogP contribution in [-0.2, 0) is 14.6 Å². The molecule has 13 heavy (non-hydrogen) atoms. The number of hydrogen-bond donors (Lipinski definition) is 2. The Morgan fingerprint density at radius 1 is 1.54 bits per heavy atom. The molecule has 1 fully saturated rings. The minimum atomic E-state index is -2.94. The van der Waals surface area contributed by atoms with E-state index in [-0.39, 0.29) is 24.0 Å². The lowest BCUT2D eigenvalue weighted by molar-refractivity contribution is -0.137. The maximum Gasteiger partial charge on any atom is 0.303 e. The van der Waals surface area contributed by atoms with Crippen LogP contribution in [0.15, 0.2) is 0 Å². The second-order valence-corrected chi connectivity index (χ2v) is 5.43. The van der Waals surface area contributed by atoms with Gasteiger partial charge in [0.25, 0.3) is 0 Å². The van der Waals surface area contributed by atoms with Crippen molar-refractivity contribution in [1.82, 2.24) is 5.32 Å². The van der Waals surface area contributed by atoms with Crippen LogP contribution in [0.4, 0.5) is 0 Å². The molecule has 2 N–H and O–H groups in total. The zero-order valence-electron chi connectivity index (χ0n) is 7.19. The van der Waals surface area contributed by atoms with Crippen molar-refractivity contribution in [3.8, 4) is 0 Å². The van der Waals surface area contributed by atoms with Gasteiger partial charge in [0.05, 0.1) is 11.5 Å². The Morgan fingerprint density at radius 3 is 2.77 bits per heavy atom. The van der Waals surface area contributed by atoms with E-state index in [9.17, 15) is 13.2 Å². The fourth-order valence-corrected chi connectivity index (χ4v) is 2.84. The maximum atomic E-state index is 11.1. The highest BCUT2D eigenvalue weighted by Crippen LogP contribution is 2.06. The van der Waals surface area contributed by atoms with E-state index < -0.39 is 15.8 Å². The number of sulfone groups is 1. The first kappa shape index (κ1) is 10.5. The molecule has 76 valence electrons. The predicted molar refractivity (Wildman–Crippen MR) is 47.3 cm³/mol. The zero-order chi connectivity index (χ0) is 9.90. The molecule has 0 bridgehead atoms. The van der Waals surface area contributed by atoms with Crippen LogP contribution in [0.25, 0.3) is 0 Å². The van der Waals surface area contributed by atoms with Crippen LogP contribution in [0, 0.1) is 0 Å². The first-order valence-corrected chi connectivity index (χ1v) is 5.97. The fourth-order valence-electron chi connectivity index (χ4n) is 1.35. The van der Waals surface area contributed by atoms with Crippen molar-refractivity contribution in [2.45, 2.75) is 18.9 Å². The summed E-state index contributed by atoms with van der Waals surface area (Å²) < 4.78 is 22.2. The van der Waals surface area contributed by atoms with Gasteiger partial charge in [-0.2, -0.15) is 0 Å². The Balaban J connectivity index is 2.39. The summed E-state index contributed by atoms with van der Waals surface area (Å²) in [6, 6.07) is -0.185. The number of carboxylic acids is 1. The Kier molecular flexibility index (Phi) is 3.27. The molecule has 1 heterocycles. The Hall–Kier alpha value is -0.620. The van der Waals surface area contributed by atoms with Crippen molar-refractivity contribution in [3.05, 3.63) is 0 Å². The Labute approximate surface area is 77.1 Å². The van der Waals surface area contributed by atoms with Gasteiger partial charge in [-0.05, 0) is 6.42 Å². The molecule has 0 radical (unpaired) electrons. The lowest BCUT2D eigenvalue weighted by atomic mass is 10.2. The monoisotopic (exact) mass is 207 g/mol. The third kappa shape index (κ3) is 3.73. The second-order valence-electron chi connectivity index (χ2n) is 3.20. The van der Waals surface area contributed by atoms with E-state index in [1.54, 1.807) is 0 Å². The van der Waals surface area contributed by atoms with Gasteiger partial charge in [0, 0.05) is 19.0 Å². The van der Waals surface area contributed by atoms with E-state index in [1.165, 1.54) is 0 Å². The van der Waals surface area contributed by atoms with Gasteiger partial charge in [0.2, 0.25) is 0 Å². The molecule has 1 unspecified atom stereocenters. The molecule has 0 spiro atoms. The van der Waals surface area contributed by atoms with E-state index in [1.807, 2.05) is 0 Å². The second kappa shape index (κ2) is 4.06. The van der Waals surface area contributed by atoms with E-state index in [2.05, 4.69) is 5.32 Å². The molecule has 1 rings (SSSR count). The molecule has 0 aromatic rings. The summed E-state index contributed by atoms with van der Waals surface area (Å²) in [5.41, 5.74) is 0. The van der Waals surface area contributed by atoms with Gasteiger partial charge in [0.15, 0.2) is 9.84 Å². The molecule has 6 heteroatoms. The van der Waals surface area contributed by atoms with Gasteiger partial charge in [-0.15, -0.1) is 0 Å². The zero-order valence-corrected chi connectivity index (χ0v) is 8.01. The fraction of sp³-hybridized carbons (Fsp3) is 0.857. The van der Waals surface area contributed by atoms with Crippen LogP contribution in [0.2, 0.25) is 0 Å². The first-order valence-electron chi connectivity index (χ1n) is 4.15. The number of hydrogen-bond acceptors (Lipinski definition) is 4. The van der Waals surface area contributed by atoms with Crippen molar-refractivity contribution in [1.29, 1.82) is 0 Å². The van der Waals surface area contributed by atoms with Crippen molar-refractivity contribution >= 4 is 15.8 Å². The summed E-state index contributed by atoms with van der Waals surface area (Å²) in [5.74, 6) is -0.651. The van der Waals surface area contributed by atoms with E-state index >= 15 is 0 Å². The predicted octanol–water partition coefficient (Wildman–Crippen LogP) is -0.762. The molecule has 0 saturated carbocycles. The average Bonchev–Trinajstić information content (AvgIpc) is 1.99. The molecule has 5 nitrogen and oxygen atoms in total. The average molecular weight is 207 g/mol. The van der Waals surface area contributed by atoms with Crippen LogP contribution in [0.3, 0.4) is 0 Å². The number of carboxylic acid groups (broad SMARTS) is 1. The van der Waals surface area contributed by atoms with Gasteiger partial charge in [0.1, 0.15) is 0 Å². The number of rotatable bonds is 3. The smallest absolute Gasteiger partial charge is 0.303 e. The molecule has 1 aliphatic heterocycles. The van der Waals surface area contributed by atoms with Crippen molar-refractivity contribution in [2.24, 2.45) is 0 Å². The highest BCUT2D eigenvalue weighted by Gasteiger charge is 2.24. The SMILES string of the molecule is O=C(O)CCC1CS(=O)(=O)CCN1. The van der Waals surface area contributed by atoms with Gasteiger partial charge in [-0.25, -0.2) is 8.42 Å². The molecule has 1 atom stereocenters. The minimum Gasteiger partial charge on any atom is -0.481 e. The third-order valence-electron chi connectivity index (χ3n) is 2.01. The molecule has 0 aromatic heterocycles. The van der Waals surface area contributed by atoms with Gasteiger partial charge >= 0.3 is 5.97 Å². The highest BCUT2D eigenvalue weighted by molar-refractivity contribution is 7.91. The first-order chi connectivity index (χ1) is 5.99. The van der Waals surface area contributed by atoms with Gasteiger partial charge in [-0.3, -0.25) is 4.79 Å². The molecule has 0 aromatic carbocycles. The summed E-state index contributed by atoms with van der Waals surface area (Å²) in [6.07, 6.45) is 0.405. The summed E-state index contributed by atoms with van der Waals surface area (Å²) in [6.45, 7) is 0.437. The van der Waals surface area contributed by atoms with E-state index in [0.29, 0.717) is 13.0 Å².